The smallest absolute Gasteiger partial charge is 0.295 e. The molecule has 0 aliphatic carbocycles. The normalized spacial score (nSPS) is 20.7. The lowest BCUT2D eigenvalue weighted by Crippen LogP contribution is -2.46. The molecular weight excluding hydrogens is 354 g/mol. The fourth-order valence-corrected chi connectivity index (χ4v) is 3.73. The van der Waals surface area contributed by atoms with Crippen LogP contribution in [0, 0.1) is 0 Å². The zero-order valence-corrected chi connectivity index (χ0v) is 15.6. The van der Waals surface area contributed by atoms with Crippen LogP contribution in [0.5, 0.6) is 0 Å². The molecular formula is C18H20ClN5O2. The maximum absolute atomic E-state index is 12.9. The van der Waals surface area contributed by atoms with E-state index >= 15 is 0 Å². The van der Waals surface area contributed by atoms with Crippen LogP contribution in [-0.2, 0) is 11.8 Å². The summed E-state index contributed by atoms with van der Waals surface area (Å²) in [5.41, 5.74) is 1.98. The van der Waals surface area contributed by atoms with Gasteiger partial charge in [0.1, 0.15) is 5.02 Å². The highest BCUT2D eigenvalue weighted by Crippen LogP contribution is 2.25. The van der Waals surface area contributed by atoms with Gasteiger partial charge >= 0.3 is 0 Å². The van der Waals surface area contributed by atoms with Crippen LogP contribution in [0.3, 0.4) is 0 Å². The van der Waals surface area contributed by atoms with E-state index in [1.54, 1.807) is 6.20 Å². The third kappa shape index (κ3) is 2.77. The zero-order chi connectivity index (χ0) is 18.4. The first-order valence-electron chi connectivity index (χ1n) is 8.55. The average molecular weight is 374 g/mol. The summed E-state index contributed by atoms with van der Waals surface area (Å²) in [7, 11) is 1.85. The summed E-state index contributed by atoms with van der Waals surface area (Å²) in [4.78, 5) is 19.5. The van der Waals surface area contributed by atoms with Crippen molar-refractivity contribution in [1.29, 1.82) is 0 Å². The monoisotopic (exact) mass is 373 g/mol. The Hall–Kier alpha value is -2.38. The van der Waals surface area contributed by atoms with Crippen molar-refractivity contribution in [3.8, 4) is 5.95 Å². The highest BCUT2D eigenvalue weighted by atomic mass is 35.5. The molecule has 0 spiro atoms. The molecule has 2 atom stereocenters. The number of aryl methyl sites for hydroxylation is 1. The number of benzene rings is 1. The third-order valence-electron chi connectivity index (χ3n) is 4.61. The molecule has 1 aliphatic heterocycles. The van der Waals surface area contributed by atoms with Crippen molar-refractivity contribution in [2.45, 2.75) is 26.1 Å². The van der Waals surface area contributed by atoms with Crippen molar-refractivity contribution < 1.29 is 4.74 Å². The number of nitrogens with zero attached hydrogens (tertiary/aromatic N) is 5. The number of morpholine rings is 1. The molecule has 4 rings (SSSR count). The van der Waals surface area contributed by atoms with Gasteiger partial charge in [0, 0.05) is 20.1 Å². The van der Waals surface area contributed by atoms with Gasteiger partial charge in [0.2, 0.25) is 5.95 Å². The van der Waals surface area contributed by atoms with E-state index in [-0.39, 0.29) is 22.8 Å². The summed E-state index contributed by atoms with van der Waals surface area (Å²) in [5.74, 6) is 0.438. The van der Waals surface area contributed by atoms with Gasteiger partial charge in [0.15, 0.2) is 0 Å². The summed E-state index contributed by atoms with van der Waals surface area (Å²) in [6.45, 7) is 5.35. The molecule has 0 saturated carbocycles. The molecule has 0 unspecified atom stereocenters. The van der Waals surface area contributed by atoms with E-state index in [2.05, 4.69) is 15.0 Å². The minimum atomic E-state index is -0.380. The molecule has 1 aliphatic rings. The second-order valence-electron chi connectivity index (χ2n) is 6.68. The number of fused-ring (bicyclic) bond motifs is 1. The highest BCUT2D eigenvalue weighted by Gasteiger charge is 2.26. The molecule has 0 bridgehead atoms. The Kier molecular flexibility index (Phi) is 4.20. The number of ether oxygens (including phenoxy) is 1. The van der Waals surface area contributed by atoms with Gasteiger partial charge in [-0.2, -0.15) is 9.78 Å². The Morgan fingerprint density at radius 2 is 1.88 bits per heavy atom. The molecule has 1 saturated heterocycles. The molecule has 2 aromatic heterocycles. The van der Waals surface area contributed by atoms with Crippen LogP contribution in [0.15, 0.2) is 35.3 Å². The van der Waals surface area contributed by atoms with Gasteiger partial charge < -0.3 is 14.2 Å². The van der Waals surface area contributed by atoms with E-state index in [0.29, 0.717) is 24.7 Å². The Balaban J connectivity index is 1.79. The predicted molar refractivity (Wildman–Crippen MR) is 101 cm³/mol. The van der Waals surface area contributed by atoms with Gasteiger partial charge in [-0.05, 0) is 26.0 Å². The lowest BCUT2D eigenvalue weighted by Gasteiger charge is -2.36. The third-order valence-corrected chi connectivity index (χ3v) is 4.97. The first kappa shape index (κ1) is 17.1. The molecule has 3 heterocycles. The van der Waals surface area contributed by atoms with E-state index in [0.717, 1.165) is 11.0 Å². The number of para-hydroxylation sites is 2. The van der Waals surface area contributed by atoms with Crippen LogP contribution in [0.1, 0.15) is 13.8 Å². The SMILES string of the molecule is C[C@@H]1CN(c2cnn(-c3nc4ccccc4n3C)c(=O)c2Cl)C[C@H](C)O1. The second kappa shape index (κ2) is 6.41. The highest BCUT2D eigenvalue weighted by molar-refractivity contribution is 6.33. The number of rotatable bonds is 2. The van der Waals surface area contributed by atoms with Crippen LogP contribution < -0.4 is 10.5 Å². The average Bonchev–Trinajstić information content (AvgIpc) is 2.93. The lowest BCUT2D eigenvalue weighted by molar-refractivity contribution is -0.00524. The number of halogens is 1. The number of hydrogen-bond donors (Lipinski definition) is 0. The zero-order valence-electron chi connectivity index (χ0n) is 14.9. The number of aromatic nitrogens is 4. The molecule has 26 heavy (non-hydrogen) atoms. The fourth-order valence-electron chi connectivity index (χ4n) is 3.48. The van der Waals surface area contributed by atoms with Gasteiger partial charge in [-0.1, -0.05) is 23.7 Å². The Morgan fingerprint density at radius 1 is 1.19 bits per heavy atom. The first-order valence-corrected chi connectivity index (χ1v) is 8.93. The van der Waals surface area contributed by atoms with Gasteiger partial charge in [0.05, 0.1) is 35.1 Å². The van der Waals surface area contributed by atoms with Crippen molar-refractivity contribution in [3.63, 3.8) is 0 Å². The molecule has 7 nitrogen and oxygen atoms in total. The summed E-state index contributed by atoms with van der Waals surface area (Å²) < 4.78 is 8.83. The van der Waals surface area contributed by atoms with Gasteiger partial charge in [-0.3, -0.25) is 4.79 Å². The van der Waals surface area contributed by atoms with Crippen LogP contribution in [-0.4, -0.2) is 44.6 Å². The quantitative estimate of drug-likeness (QED) is 0.690. The molecule has 0 radical (unpaired) electrons. The number of anilines is 1. The fraction of sp³-hybridized carbons (Fsp3) is 0.389. The van der Waals surface area contributed by atoms with E-state index in [9.17, 15) is 4.79 Å². The number of hydrogen-bond acceptors (Lipinski definition) is 5. The van der Waals surface area contributed by atoms with Crippen LogP contribution in [0.25, 0.3) is 17.0 Å². The summed E-state index contributed by atoms with van der Waals surface area (Å²) in [6.07, 6.45) is 1.77. The minimum Gasteiger partial charge on any atom is -0.372 e. The van der Waals surface area contributed by atoms with Crippen LogP contribution in [0.2, 0.25) is 5.02 Å². The summed E-state index contributed by atoms with van der Waals surface area (Å²) in [6, 6.07) is 7.69. The van der Waals surface area contributed by atoms with E-state index in [4.69, 9.17) is 16.3 Å². The predicted octanol–water partition coefficient (Wildman–Crippen LogP) is 2.39. The second-order valence-corrected chi connectivity index (χ2v) is 7.06. The Morgan fingerprint density at radius 3 is 2.58 bits per heavy atom. The molecule has 8 heteroatoms. The Labute approximate surface area is 155 Å². The van der Waals surface area contributed by atoms with Crippen molar-refractivity contribution in [2.24, 2.45) is 7.05 Å². The molecule has 3 aromatic rings. The van der Waals surface area contributed by atoms with Crippen molar-refractivity contribution in [2.75, 3.05) is 18.0 Å². The van der Waals surface area contributed by atoms with Gasteiger partial charge in [0.25, 0.3) is 5.56 Å². The van der Waals surface area contributed by atoms with Crippen molar-refractivity contribution in [3.05, 3.63) is 45.8 Å². The van der Waals surface area contributed by atoms with Crippen molar-refractivity contribution >= 4 is 28.3 Å². The largest absolute Gasteiger partial charge is 0.372 e. The molecule has 0 amide bonds. The van der Waals surface area contributed by atoms with Gasteiger partial charge in [-0.15, -0.1) is 0 Å². The molecule has 136 valence electrons. The van der Waals surface area contributed by atoms with Gasteiger partial charge in [-0.25, -0.2) is 4.98 Å². The lowest BCUT2D eigenvalue weighted by atomic mass is 10.2. The molecule has 0 N–H and O–H groups in total. The standard InChI is InChI=1S/C18H20ClN5O2/c1-11-9-23(10-12(2)26-11)15-8-20-24(17(25)16(15)19)18-21-13-6-4-5-7-14(13)22(18)3/h4-8,11-12H,9-10H2,1-3H3/t11-,12+. The summed E-state index contributed by atoms with van der Waals surface area (Å²) >= 11 is 6.44. The van der Waals surface area contributed by atoms with E-state index in [1.165, 1.54) is 4.68 Å². The maximum Gasteiger partial charge on any atom is 0.295 e. The molecule has 1 fully saturated rings. The van der Waals surface area contributed by atoms with E-state index < -0.39 is 0 Å². The van der Waals surface area contributed by atoms with Crippen LogP contribution in [0.4, 0.5) is 5.69 Å². The number of imidazole rings is 1. The molecule has 1 aromatic carbocycles. The minimum absolute atomic E-state index is 0.0667. The van der Waals surface area contributed by atoms with Crippen LogP contribution >= 0.6 is 11.6 Å². The summed E-state index contributed by atoms with van der Waals surface area (Å²) in [5, 5.41) is 4.49. The van der Waals surface area contributed by atoms with E-state index in [1.807, 2.05) is 49.7 Å². The maximum atomic E-state index is 12.9. The van der Waals surface area contributed by atoms with Crippen molar-refractivity contribution in [1.82, 2.24) is 19.3 Å². The first-order chi connectivity index (χ1) is 12.5. The Bertz CT molecular complexity index is 1020. The topological polar surface area (TPSA) is 65.2 Å².